The first-order chi connectivity index (χ1) is 7.61. The van der Waals surface area contributed by atoms with E-state index in [1.807, 2.05) is 13.8 Å². The zero-order valence-electron chi connectivity index (χ0n) is 9.60. The quantitative estimate of drug-likeness (QED) is 0.618. The Morgan fingerprint density at radius 1 is 1.50 bits per heavy atom. The summed E-state index contributed by atoms with van der Waals surface area (Å²) in [6.07, 6.45) is 2.34. The Bertz CT molecular complexity index is 393. The lowest BCUT2D eigenvalue weighted by atomic mass is 10.3. The van der Waals surface area contributed by atoms with Gasteiger partial charge in [0.05, 0.1) is 6.61 Å². The molecule has 1 aromatic heterocycles. The molecule has 2 rings (SSSR count). The van der Waals surface area contributed by atoms with Gasteiger partial charge in [-0.2, -0.15) is 0 Å². The molecule has 16 heavy (non-hydrogen) atoms. The number of nitrogens with zero attached hydrogens (tertiary/aromatic N) is 2. The number of hydrogen-bond donors (Lipinski definition) is 2. The Morgan fingerprint density at radius 2 is 2.19 bits per heavy atom. The van der Waals surface area contributed by atoms with Crippen molar-refractivity contribution in [3.63, 3.8) is 0 Å². The average Bonchev–Trinajstić information content (AvgIpc) is 3.07. The number of rotatable bonds is 4. The van der Waals surface area contributed by atoms with Crippen LogP contribution in [0.3, 0.4) is 0 Å². The normalized spacial score (nSPS) is 17.4. The number of nitrogen functional groups attached to an aromatic ring is 1. The zero-order chi connectivity index (χ0) is 11.7. The third kappa shape index (κ3) is 2.47. The molecule has 88 valence electrons. The van der Waals surface area contributed by atoms with E-state index in [1.165, 1.54) is 12.8 Å². The highest BCUT2D eigenvalue weighted by Crippen LogP contribution is 2.40. The maximum atomic E-state index is 9.05. The summed E-state index contributed by atoms with van der Waals surface area (Å²) in [5.41, 5.74) is 6.80. The Hall–Kier alpha value is -0.810. The van der Waals surface area contributed by atoms with Gasteiger partial charge in [-0.15, -0.1) is 11.8 Å². The van der Waals surface area contributed by atoms with E-state index < -0.39 is 0 Å². The largest absolute Gasteiger partial charge is 0.395 e. The summed E-state index contributed by atoms with van der Waals surface area (Å²) in [5.74, 6) is 1.95. The van der Waals surface area contributed by atoms with Crippen molar-refractivity contribution >= 4 is 17.6 Å². The van der Waals surface area contributed by atoms with Crippen molar-refractivity contribution in [3.8, 4) is 0 Å². The standard InChI is InChI=1S/C11H17N3OS/c1-6(5-15)16-11-7(2)9(12)13-10(14-11)8-3-4-8/h6,8,15H,3-5H2,1-2H3,(H2,12,13,14). The first kappa shape index (κ1) is 11.7. The van der Waals surface area contributed by atoms with Crippen LogP contribution in [0, 0.1) is 6.92 Å². The highest BCUT2D eigenvalue weighted by molar-refractivity contribution is 7.99. The van der Waals surface area contributed by atoms with Crippen molar-refractivity contribution < 1.29 is 5.11 Å². The number of thioether (sulfide) groups is 1. The molecule has 0 spiro atoms. The van der Waals surface area contributed by atoms with E-state index in [0.717, 1.165) is 16.4 Å². The second-order valence-electron chi connectivity index (χ2n) is 4.28. The molecule has 4 nitrogen and oxygen atoms in total. The summed E-state index contributed by atoms with van der Waals surface area (Å²) in [6, 6.07) is 0. The van der Waals surface area contributed by atoms with Crippen molar-refractivity contribution in [1.82, 2.24) is 9.97 Å². The molecule has 0 aromatic carbocycles. The SMILES string of the molecule is Cc1c(N)nc(C2CC2)nc1SC(C)CO. The zero-order valence-corrected chi connectivity index (χ0v) is 10.4. The number of anilines is 1. The molecule has 0 aliphatic heterocycles. The minimum Gasteiger partial charge on any atom is -0.395 e. The molecule has 0 amide bonds. The summed E-state index contributed by atoms with van der Waals surface area (Å²) in [6.45, 7) is 4.05. The van der Waals surface area contributed by atoms with E-state index in [2.05, 4.69) is 9.97 Å². The fraction of sp³-hybridized carbons (Fsp3) is 0.636. The Labute approximate surface area is 99.7 Å². The van der Waals surface area contributed by atoms with Crippen LogP contribution >= 0.6 is 11.8 Å². The highest BCUT2D eigenvalue weighted by Gasteiger charge is 2.28. The number of aliphatic hydroxyl groups excluding tert-OH is 1. The summed E-state index contributed by atoms with van der Waals surface area (Å²) in [7, 11) is 0. The Morgan fingerprint density at radius 3 is 2.75 bits per heavy atom. The molecule has 1 aliphatic carbocycles. The van der Waals surface area contributed by atoms with Crippen molar-refractivity contribution in [2.75, 3.05) is 12.3 Å². The first-order valence-corrected chi connectivity index (χ1v) is 6.41. The van der Waals surface area contributed by atoms with Gasteiger partial charge in [0.2, 0.25) is 0 Å². The molecule has 5 heteroatoms. The van der Waals surface area contributed by atoms with Crippen LogP contribution in [0.5, 0.6) is 0 Å². The first-order valence-electron chi connectivity index (χ1n) is 5.53. The van der Waals surface area contributed by atoms with Crippen LogP contribution in [-0.2, 0) is 0 Å². The molecular weight excluding hydrogens is 222 g/mol. The van der Waals surface area contributed by atoms with Gasteiger partial charge in [0.15, 0.2) is 0 Å². The molecule has 0 saturated heterocycles. The Kier molecular flexibility index (Phi) is 3.35. The summed E-state index contributed by atoms with van der Waals surface area (Å²) >= 11 is 1.56. The number of aliphatic hydroxyl groups is 1. The number of nitrogens with two attached hydrogens (primary N) is 1. The van der Waals surface area contributed by atoms with Crippen molar-refractivity contribution in [1.29, 1.82) is 0 Å². The molecule has 1 aliphatic rings. The van der Waals surface area contributed by atoms with Gasteiger partial charge in [0.25, 0.3) is 0 Å². The number of aromatic nitrogens is 2. The van der Waals surface area contributed by atoms with E-state index >= 15 is 0 Å². The number of hydrogen-bond acceptors (Lipinski definition) is 5. The predicted molar refractivity (Wildman–Crippen MR) is 65.6 cm³/mol. The molecule has 0 bridgehead atoms. The molecule has 1 fully saturated rings. The molecule has 3 N–H and O–H groups in total. The monoisotopic (exact) mass is 239 g/mol. The highest BCUT2D eigenvalue weighted by atomic mass is 32.2. The minimum absolute atomic E-state index is 0.139. The van der Waals surface area contributed by atoms with E-state index in [9.17, 15) is 0 Å². The maximum Gasteiger partial charge on any atom is 0.135 e. The maximum absolute atomic E-state index is 9.05. The molecule has 1 atom stereocenters. The van der Waals surface area contributed by atoms with Crippen LogP contribution in [-0.4, -0.2) is 26.9 Å². The van der Waals surface area contributed by atoms with Gasteiger partial charge in [-0.05, 0) is 19.8 Å². The molecule has 1 aromatic rings. The van der Waals surface area contributed by atoms with E-state index in [0.29, 0.717) is 11.7 Å². The molecule has 1 heterocycles. The summed E-state index contributed by atoms with van der Waals surface area (Å²) in [4.78, 5) is 8.86. The van der Waals surface area contributed by atoms with Crippen LogP contribution in [0.1, 0.15) is 37.1 Å². The van der Waals surface area contributed by atoms with Gasteiger partial charge in [0.1, 0.15) is 16.7 Å². The van der Waals surface area contributed by atoms with Crippen LogP contribution in [0.15, 0.2) is 5.03 Å². The van der Waals surface area contributed by atoms with Crippen LogP contribution in [0.2, 0.25) is 0 Å². The van der Waals surface area contributed by atoms with Crippen LogP contribution in [0.25, 0.3) is 0 Å². The lowest BCUT2D eigenvalue weighted by Gasteiger charge is -2.12. The van der Waals surface area contributed by atoms with Gasteiger partial charge >= 0.3 is 0 Å². The van der Waals surface area contributed by atoms with Gasteiger partial charge in [-0.25, -0.2) is 9.97 Å². The minimum atomic E-state index is 0.139. The summed E-state index contributed by atoms with van der Waals surface area (Å²) in [5, 5.41) is 10.1. The third-order valence-corrected chi connectivity index (χ3v) is 3.84. The summed E-state index contributed by atoms with van der Waals surface area (Å²) < 4.78 is 0. The van der Waals surface area contributed by atoms with E-state index in [4.69, 9.17) is 10.8 Å². The van der Waals surface area contributed by atoms with Crippen molar-refractivity contribution in [3.05, 3.63) is 11.4 Å². The topological polar surface area (TPSA) is 72.0 Å². The second-order valence-corrected chi connectivity index (χ2v) is 5.71. The lowest BCUT2D eigenvalue weighted by Crippen LogP contribution is -2.07. The fourth-order valence-corrected chi connectivity index (χ4v) is 2.28. The van der Waals surface area contributed by atoms with Gasteiger partial charge in [0, 0.05) is 16.7 Å². The predicted octanol–water partition coefficient (Wildman–Crippen LogP) is 1.72. The van der Waals surface area contributed by atoms with E-state index in [1.54, 1.807) is 11.8 Å². The van der Waals surface area contributed by atoms with Gasteiger partial charge in [-0.3, -0.25) is 0 Å². The van der Waals surface area contributed by atoms with Crippen LogP contribution in [0.4, 0.5) is 5.82 Å². The second kappa shape index (κ2) is 4.59. The van der Waals surface area contributed by atoms with Crippen LogP contribution < -0.4 is 5.73 Å². The van der Waals surface area contributed by atoms with Crippen molar-refractivity contribution in [2.45, 2.75) is 42.9 Å². The molecule has 0 radical (unpaired) electrons. The van der Waals surface area contributed by atoms with Crippen molar-refractivity contribution in [2.24, 2.45) is 0 Å². The Balaban J connectivity index is 2.27. The third-order valence-electron chi connectivity index (χ3n) is 2.67. The van der Waals surface area contributed by atoms with Gasteiger partial charge < -0.3 is 10.8 Å². The average molecular weight is 239 g/mol. The molecular formula is C11H17N3OS. The molecule has 1 unspecified atom stereocenters. The molecule has 1 saturated carbocycles. The fourth-order valence-electron chi connectivity index (χ4n) is 1.40. The van der Waals surface area contributed by atoms with E-state index in [-0.39, 0.29) is 11.9 Å². The van der Waals surface area contributed by atoms with Gasteiger partial charge in [-0.1, -0.05) is 6.92 Å². The smallest absolute Gasteiger partial charge is 0.135 e. The lowest BCUT2D eigenvalue weighted by molar-refractivity contribution is 0.300.